The second kappa shape index (κ2) is 10.6. The van der Waals surface area contributed by atoms with Crippen molar-refractivity contribution in [2.45, 2.75) is 33.7 Å². The Morgan fingerprint density at radius 2 is 2.00 bits per heavy atom. The van der Waals surface area contributed by atoms with E-state index in [-0.39, 0.29) is 18.2 Å². The summed E-state index contributed by atoms with van der Waals surface area (Å²) >= 11 is 8.19. The van der Waals surface area contributed by atoms with Crippen molar-refractivity contribution in [3.63, 3.8) is 0 Å². The number of ketones is 1. The van der Waals surface area contributed by atoms with Gasteiger partial charge in [0.1, 0.15) is 11.5 Å². The molecule has 2 aromatic carbocycles. The highest BCUT2D eigenvalue weighted by molar-refractivity contribution is 7.16. The number of anilines is 2. The first-order chi connectivity index (χ1) is 15.4. The standard InChI is InChI=1S/C25H26ClN3O2S.ClH/c1-5-11-29(19-6-9-23-18(13-19)10-12-28(23)15-16(2)30)25-27-24(17(3)32-25)21-8-7-20(31-4)14-22(21)26;/h6-10,12-14H,5,11,15H2,1-4H3;1H. The number of carbonyl (C=O) groups is 1. The van der Waals surface area contributed by atoms with E-state index in [1.807, 2.05) is 29.0 Å². The summed E-state index contributed by atoms with van der Waals surface area (Å²) in [6, 6.07) is 14.1. The lowest BCUT2D eigenvalue weighted by Crippen LogP contribution is -2.17. The number of aryl methyl sites for hydroxylation is 1. The molecule has 0 fully saturated rings. The summed E-state index contributed by atoms with van der Waals surface area (Å²) < 4.78 is 7.27. The Morgan fingerprint density at radius 3 is 2.67 bits per heavy atom. The smallest absolute Gasteiger partial charge is 0.190 e. The zero-order valence-electron chi connectivity index (χ0n) is 19.1. The number of fused-ring (bicyclic) bond motifs is 1. The van der Waals surface area contributed by atoms with E-state index in [2.05, 4.69) is 43.0 Å². The summed E-state index contributed by atoms with van der Waals surface area (Å²) in [5.41, 5.74) is 3.94. The second-order valence-corrected chi connectivity index (χ2v) is 9.38. The van der Waals surface area contributed by atoms with Crippen LogP contribution in [0.1, 0.15) is 25.1 Å². The van der Waals surface area contributed by atoms with E-state index in [1.165, 1.54) is 0 Å². The molecule has 33 heavy (non-hydrogen) atoms. The Morgan fingerprint density at radius 1 is 1.21 bits per heavy atom. The number of aromatic nitrogens is 2. The molecule has 0 aliphatic heterocycles. The normalized spacial score (nSPS) is 10.8. The van der Waals surface area contributed by atoms with Crippen molar-refractivity contribution in [2.24, 2.45) is 0 Å². The van der Waals surface area contributed by atoms with Gasteiger partial charge >= 0.3 is 0 Å². The topological polar surface area (TPSA) is 47.4 Å². The van der Waals surface area contributed by atoms with Gasteiger partial charge in [-0.2, -0.15) is 0 Å². The van der Waals surface area contributed by atoms with Gasteiger partial charge < -0.3 is 14.2 Å². The number of thiazole rings is 1. The summed E-state index contributed by atoms with van der Waals surface area (Å²) in [5.74, 6) is 0.867. The lowest BCUT2D eigenvalue weighted by molar-refractivity contribution is -0.117. The van der Waals surface area contributed by atoms with E-state index < -0.39 is 0 Å². The van der Waals surface area contributed by atoms with Crippen molar-refractivity contribution in [3.8, 4) is 17.0 Å². The third kappa shape index (κ3) is 5.18. The van der Waals surface area contributed by atoms with Crippen LogP contribution in [0.5, 0.6) is 5.75 Å². The first kappa shape index (κ1) is 25.1. The molecule has 0 N–H and O–H groups in total. The van der Waals surface area contributed by atoms with Gasteiger partial charge in [-0.15, -0.1) is 23.7 Å². The molecule has 0 spiro atoms. The summed E-state index contributed by atoms with van der Waals surface area (Å²) in [6.45, 7) is 7.09. The number of hydrogen-bond donors (Lipinski definition) is 0. The fraction of sp³-hybridized carbons (Fsp3) is 0.280. The molecule has 0 saturated carbocycles. The molecule has 2 heterocycles. The van der Waals surface area contributed by atoms with E-state index in [1.54, 1.807) is 25.4 Å². The molecule has 5 nitrogen and oxygen atoms in total. The molecule has 174 valence electrons. The number of Topliss-reactive ketones (excluding diaryl/α,β-unsaturated/α-hetero) is 1. The fourth-order valence-electron chi connectivity index (χ4n) is 3.85. The van der Waals surface area contributed by atoms with Gasteiger partial charge in [0.05, 0.1) is 24.4 Å². The molecular weight excluding hydrogens is 477 g/mol. The minimum Gasteiger partial charge on any atom is -0.497 e. The molecule has 0 radical (unpaired) electrons. The molecular formula is C25H27Cl2N3O2S. The van der Waals surface area contributed by atoms with Crippen LogP contribution in [-0.2, 0) is 11.3 Å². The monoisotopic (exact) mass is 503 g/mol. The van der Waals surface area contributed by atoms with Crippen molar-refractivity contribution >= 4 is 62.8 Å². The van der Waals surface area contributed by atoms with Crippen LogP contribution in [0.25, 0.3) is 22.2 Å². The highest BCUT2D eigenvalue weighted by atomic mass is 35.5. The average molecular weight is 504 g/mol. The first-order valence-electron chi connectivity index (χ1n) is 10.6. The number of rotatable bonds is 8. The van der Waals surface area contributed by atoms with Gasteiger partial charge in [0.25, 0.3) is 0 Å². The van der Waals surface area contributed by atoms with E-state index in [0.29, 0.717) is 11.6 Å². The lowest BCUT2D eigenvalue weighted by atomic mass is 10.1. The van der Waals surface area contributed by atoms with Crippen LogP contribution >= 0.6 is 35.3 Å². The predicted octanol–water partition coefficient (Wildman–Crippen LogP) is 7.29. The SMILES string of the molecule is CCCN(c1ccc2c(ccn2CC(C)=O)c1)c1nc(-c2ccc(OC)cc2Cl)c(C)s1.Cl. The Bertz CT molecular complexity index is 1280. The van der Waals surface area contributed by atoms with Gasteiger partial charge in [-0.05, 0) is 62.7 Å². The van der Waals surface area contributed by atoms with Gasteiger partial charge in [0.2, 0.25) is 0 Å². The van der Waals surface area contributed by atoms with Crippen LogP contribution < -0.4 is 9.64 Å². The largest absolute Gasteiger partial charge is 0.497 e. The molecule has 0 unspecified atom stereocenters. The molecule has 0 aliphatic rings. The zero-order chi connectivity index (χ0) is 22.8. The number of nitrogens with zero attached hydrogens (tertiary/aromatic N) is 3. The summed E-state index contributed by atoms with van der Waals surface area (Å²) in [5, 5.41) is 2.67. The number of hydrogen-bond acceptors (Lipinski definition) is 5. The Hall–Kier alpha value is -2.54. The maximum atomic E-state index is 11.6. The highest BCUT2D eigenvalue weighted by Gasteiger charge is 2.19. The van der Waals surface area contributed by atoms with Gasteiger partial charge in [0, 0.05) is 39.8 Å². The molecule has 0 bridgehead atoms. The Labute approximate surface area is 209 Å². The fourth-order valence-corrected chi connectivity index (χ4v) is 5.08. The lowest BCUT2D eigenvalue weighted by Gasteiger charge is -2.21. The molecule has 0 atom stereocenters. The zero-order valence-corrected chi connectivity index (χ0v) is 21.5. The van der Waals surface area contributed by atoms with E-state index in [0.717, 1.165) is 56.6 Å². The molecule has 4 aromatic rings. The van der Waals surface area contributed by atoms with Crippen LogP contribution in [0.4, 0.5) is 10.8 Å². The van der Waals surface area contributed by atoms with E-state index in [9.17, 15) is 4.79 Å². The van der Waals surface area contributed by atoms with Crippen LogP contribution in [0.2, 0.25) is 5.02 Å². The second-order valence-electron chi connectivity index (χ2n) is 7.79. The molecule has 8 heteroatoms. The van der Waals surface area contributed by atoms with Crippen LogP contribution in [-0.4, -0.2) is 29.0 Å². The number of carbonyl (C=O) groups excluding carboxylic acids is 1. The molecule has 2 aromatic heterocycles. The number of benzene rings is 2. The summed E-state index contributed by atoms with van der Waals surface area (Å²) in [7, 11) is 1.63. The predicted molar refractivity (Wildman–Crippen MR) is 141 cm³/mol. The third-order valence-corrected chi connectivity index (χ3v) is 6.66. The summed E-state index contributed by atoms with van der Waals surface area (Å²) in [4.78, 5) is 19.9. The van der Waals surface area contributed by atoms with Gasteiger partial charge in [-0.1, -0.05) is 18.5 Å². The van der Waals surface area contributed by atoms with Crippen molar-refractivity contribution in [2.75, 3.05) is 18.6 Å². The quantitative estimate of drug-likeness (QED) is 0.253. The Kier molecular flexibility index (Phi) is 8.05. The molecule has 4 rings (SSSR count). The molecule has 0 aliphatic carbocycles. The highest BCUT2D eigenvalue weighted by Crippen LogP contribution is 2.39. The Balaban J connectivity index is 0.00000306. The third-order valence-electron chi connectivity index (χ3n) is 5.35. The number of ether oxygens (including phenoxy) is 1. The maximum absolute atomic E-state index is 11.6. The van der Waals surface area contributed by atoms with Crippen molar-refractivity contribution < 1.29 is 9.53 Å². The minimum absolute atomic E-state index is 0. The van der Waals surface area contributed by atoms with E-state index in [4.69, 9.17) is 21.3 Å². The first-order valence-corrected chi connectivity index (χ1v) is 11.8. The minimum atomic E-state index is 0. The van der Waals surface area contributed by atoms with Gasteiger partial charge in [-0.3, -0.25) is 4.79 Å². The van der Waals surface area contributed by atoms with Crippen LogP contribution in [0.15, 0.2) is 48.7 Å². The molecule has 0 amide bonds. The van der Waals surface area contributed by atoms with Gasteiger partial charge in [-0.25, -0.2) is 4.98 Å². The average Bonchev–Trinajstić information content (AvgIpc) is 3.34. The molecule has 0 saturated heterocycles. The van der Waals surface area contributed by atoms with Crippen molar-refractivity contribution in [3.05, 3.63) is 58.6 Å². The van der Waals surface area contributed by atoms with E-state index >= 15 is 0 Å². The number of halogens is 2. The van der Waals surface area contributed by atoms with Gasteiger partial charge in [0.15, 0.2) is 5.13 Å². The maximum Gasteiger partial charge on any atom is 0.190 e. The van der Waals surface area contributed by atoms with Crippen molar-refractivity contribution in [1.29, 1.82) is 0 Å². The van der Waals surface area contributed by atoms with Crippen molar-refractivity contribution in [1.82, 2.24) is 9.55 Å². The van der Waals surface area contributed by atoms with Crippen LogP contribution in [0.3, 0.4) is 0 Å². The number of methoxy groups -OCH3 is 1. The van der Waals surface area contributed by atoms with Crippen LogP contribution in [0, 0.1) is 6.92 Å². The summed E-state index contributed by atoms with van der Waals surface area (Å²) in [6.07, 6.45) is 2.96.